The quantitative estimate of drug-likeness (QED) is 0.255. The van der Waals surface area contributed by atoms with E-state index in [-0.39, 0.29) is 31.1 Å². The Labute approximate surface area is 220 Å². The summed E-state index contributed by atoms with van der Waals surface area (Å²) in [6.07, 6.45) is -0.846. The summed E-state index contributed by atoms with van der Waals surface area (Å²) in [5.41, 5.74) is 4.58. The SMILES string of the molecule is CCOC(CN(Cc1cccc(F)n1)C(=O)[C@@](C)(N)c1c(F)cc(OCc2ccccc2)cc1F)OCC. The van der Waals surface area contributed by atoms with Gasteiger partial charge in [0.15, 0.2) is 6.29 Å². The summed E-state index contributed by atoms with van der Waals surface area (Å²) < 4.78 is 60.9. The van der Waals surface area contributed by atoms with Gasteiger partial charge in [0.2, 0.25) is 11.9 Å². The first-order valence-electron chi connectivity index (χ1n) is 12.2. The molecule has 0 aliphatic carbocycles. The molecule has 2 aromatic carbocycles. The largest absolute Gasteiger partial charge is 0.489 e. The van der Waals surface area contributed by atoms with Crippen molar-refractivity contribution in [3.8, 4) is 5.75 Å². The number of rotatable bonds is 13. The molecular formula is C28H32F3N3O4. The second kappa shape index (κ2) is 13.4. The van der Waals surface area contributed by atoms with E-state index in [9.17, 15) is 9.18 Å². The zero-order valence-electron chi connectivity index (χ0n) is 21.6. The lowest BCUT2D eigenvalue weighted by molar-refractivity contribution is -0.163. The van der Waals surface area contributed by atoms with Gasteiger partial charge in [0, 0.05) is 25.3 Å². The van der Waals surface area contributed by atoms with E-state index in [1.54, 1.807) is 13.8 Å². The summed E-state index contributed by atoms with van der Waals surface area (Å²) in [4.78, 5) is 18.7. The number of hydrogen-bond acceptors (Lipinski definition) is 6. The maximum atomic E-state index is 15.3. The van der Waals surface area contributed by atoms with Crippen LogP contribution in [0.4, 0.5) is 13.2 Å². The topological polar surface area (TPSA) is 86.9 Å². The third-order valence-corrected chi connectivity index (χ3v) is 5.71. The van der Waals surface area contributed by atoms with Gasteiger partial charge in [-0.2, -0.15) is 4.39 Å². The summed E-state index contributed by atoms with van der Waals surface area (Å²) in [6, 6.07) is 15.2. The van der Waals surface area contributed by atoms with Crippen LogP contribution in [0.25, 0.3) is 0 Å². The standard InChI is InChI=1S/C28H32F3N3O4/c1-4-36-25(37-5-2)17-34(16-20-12-9-13-24(31)33-20)27(35)28(3,32)26-22(29)14-21(15-23(26)30)38-18-19-10-7-6-8-11-19/h6-15,25H,4-5,16-18,32H2,1-3H3/t28-/m0/s1. The minimum Gasteiger partial charge on any atom is -0.489 e. The average molecular weight is 532 g/mol. The van der Waals surface area contributed by atoms with Crippen molar-refractivity contribution in [2.45, 2.75) is 45.8 Å². The maximum absolute atomic E-state index is 15.3. The number of benzene rings is 2. The third-order valence-electron chi connectivity index (χ3n) is 5.71. The van der Waals surface area contributed by atoms with E-state index in [1.807, 2.05) is 30.3 Å². The minimum atomic E-state index is -2.14. The van der Waals surface area contributed by atoms with Gasteiger partial charge in [-0.1, -0.05) is 36.4 Å². The lowest BCUT2D eigenvalue weighted by Crippen LogP contribution is -2.53. The highest BCUT2D eigenvalue weighted by molar-refractivity contribution is 5.87. The van der Waals surface area contributed by atoms with Gasteiger partial charge in [-0.05, 0) is 38.5 Å². The molecule has 0 aliphatic heterocycles. The Kier molecular flexibility index (Phi) is 10.2. The molecule has 0 unspecified atom stereocenters. The number of carbonyl (C=O) groups is 1. The van der Waals surface area contributed by atoms with E-state index >= 15 is 8.78 Å². The van der Waals surface area contributed by atoms with Crippen molar-refractivity contribution in [3.05, 3.63) is 95.1 Å². The van der Waals surface area contributed by atoms with Gasteiger partial charge in [0.1, 0.15) is 29.5 Å². The molecule has 0 fully saturated rings. The molecule has 3 aromatic rings. The van der Waals surface area contributed by atoms with Crippen molar-refractivity contribution in [3.63, 3.8) is 0 Å². The van der Waals surface area contributed by atoms with E-state index in [0.29, 0.717) is 13.2 Å². The average Bonchev–Trinajstić information content (AvgIpc) is 2.87. The second-order valence-electron chi connectivity index (χ2n) is 8.72. The molecule has 38 heavy (non-hydrogen) atoms. The monoisotopic (exact) mass is 531 g/mol. The summed E-state index contributed by atoms with van der Waals surface area (Å²) >= 11 is 0. The second-order valence-corrected chi connectivity index (χ2v) is 8.72. The molecule has 0 radical (unpaired) electrons. The van der Waals surface area contributed by atoms with E-state index in [0.717, 1.165) is 23.8 Å². The van der Waals surface area contributed by atoms with Crippen molar-refractivity contribution in [2.24, 2.45) is 5.73 Å². The van der Waals surface area contributed by atoms with Crippen LogP contribution in [0, 0.1) is 17.6 Å². The van der Waals surface area contributed by atoms with Gasteiger partial charge in [0.25, 0.3) is 0 Å². The summed E-state index contributed by atoms with van der Waals surface area (Å²) in [7, 11) is 0. The zero-order chi connectivity index (χ0) is 27.7. The molecule has 1 heterocycles. The lowest BCUT2D eigenvalue weighted by atomic mass is 9.90. The molecule has 2 N–H and O–H groups in total. The number of carbonyl (C=O) groups excluding carboxylic acids is 1. The van der Waals surface area contributed by atoms with Crippen LogP contribution >= 0.6 is 0 Å². The van der Waals surface area contributed by atoms with E-state index in [1.165, 1.54) is 24.0 Å². The summed E-state index contributed by atoms with van der Waals surface area (Å²) in [5.74, 6) is -3.70. The van der Waals surface area contributed by atoms with Gasteiger partial charge in [-0.3, -0.25) is 4.79 Å². The molecule has 1 aromatic heterocycles. The molecule has 7 nitrogen and oxygen atoms in total. The van der Waals surface area contributed by atoms with E-state index < -0.39 is 40.9 Å². The van der Waals surface area contributed by atoms with Crippen LogP contribution in [-0.2, 0) is 33.0 Å². The first-order chi connectivity index (χ1) is 18.1. The van der Waals surface area contributed by atoms with Crippen LogP contribution in [0.3, 0.4) is 0 Å². The fourth-order valence-electron chi connectivity index (χ4n) is 3.96. The Morgan fingerprint density at radius 1 is 1.00 bits per heavy atom. The number of hydrogen-bond donors (Lipinski definition) is 1. The fraction of sp³-hybridized carbons (Fsp3) is 0.357. The number of nitrogens with zero attached hydrogens (tertiary/aromatic N) is 2. The molecular weight excluding hydrogens is 499 g/mol. The fourth-order valence-corrected chi connectivity index (χ4v) is 3.96. The Morgan fingerprint density at radius 3 is 2.21 bits per heavy atom. The normalized spacial score (nSPS) is 12.8. The van der Waals surface area contributed by atoms with Crippen LogP contribution < -0.4 is 10.5 Å². The number of amides is 1. The van der Waals surface area contributed by atoms with Gasteiger partial charge >= 0.3 is 0 Å². The molecule has 3 rings (SSSR count). The van der Waals surface area contributed by atoms with Crippen molar-refractivity contribution in [1.82, 2.24) is 9.88 Å². The Bertz CT molecular complexity index is 1180. The predicted molar refractivity (Wildman–Crippen MR) is 135 cm³/mol. The summed E-state index contributed by atoms with van der Waals surface area (Å²) in [5, 5.41) is 0. The molecule has 0 saturated carbocycles. The molecule has 1 amide bonds. The Balaban J connectivity index is 1.89. The van der Waals surface area contributed by atoms with Crippen LogP contribution in [0.2, 0.25) is 0 Å². The lowest BCUT2D eigenvalue weighted by Gasteiger charge is -2.34. The number of aromatic nitrogens is 1. The first-order valence-corrected chi connectivity index (χ1v) is 12.2. The van der Waals surface area contributed by atoms with Crippen molar-refractivity contribution in [2.75, 3.05) is 19.8 Å². The molecule has 1 atom stereocenters. The van der Waals surface area contributed by atoms with Crippen LogP contribution in [0.1, 0.15) is 37.6 Å². The smallest absolute Gasteiger partial charge is 0.247 e. The number of nitrogens with two attached hydrogens (primary N) is 1. The highest BCUT2D eigenvalue weighted by Gasteiger charge is 2.40. The van der Waals surface area contributed by atoms with E-state index in [2.05, 4.69) is 4.98 Å². The third kappa shape index (κ3) is 7.53. The van der Waals surface area contributed by atoms with Crippen LogP contribution in [0.5, 0.6) is 5.75 Å². The summed E-state index contributed by atoms with van der Waals surface area (Å²) in [6.45, 7) is 5.08. The Morgan fingerprint density at radius 2 is 1.63 bits per heavy atom. The molecule has 0 bridgehead atoms. The molecule has 0 spiro atoms. The van der Waals surface area contributed by atoms with Crippen LogP contribution in [0.15, 0.2) is 60.7 Å². The zero-order valence-corrected chi connectivity index (χ0v) is 21.6. The van der Waals surface area contributed by atoms with E-state index in [4.69, 9.17) is 19.9 Å². The molecule has 0 aliphatic rings. The van der Waals surface area contributed by atoms with Gasteiger partial charge in [-0.15, -0.1) is 0 Å². The van der Waals surface area contributed by atoms with Gasteiger partial charge < -0.3 is 24.8 Å². The van der Waals surface area contributed by atoms with Crippen molar-refractivity contribution in [1.29, 1.82) is 0 Å². The first kappa shape index (κ1) is 29.1. The number of ether oxygens (including phenoxy) is 3. The van der Waals surface area contributed by atoms with Gasteiger partial charge in [-0.25, -0.2) is 13.8 Å². The number of halogens is 3. The number of pyridine rings is 1. The van der Waals surface area contributed by atoms with Crippen molar-refractivity contribution < 1.29 is 32.2 Å². The Hall–Kier alpha value is -3.47. The van der Waals surface area contributed by atoms with Gasteiger partial charge in [0.05, 0.1) is 24.3 Å². The van der Waals surface area contributed by atoms with Crippen LogP contribution in [-0.4, -0.2) is 41.8 Å². The predicted octanol–water partition coefficient (Wildman–Crippen LogP) is 4.68. The minimum absolute atomic E-state index is 0.0515. The highest BCUT2D eigenvalue weighted by Crippen LogP contribution is 2.31. The molecule has 10 heteroatoms. The highest BCUT2D eigenvalue weighted by atomic mass is 19.1. The maximum Gasteiger partial charge on any atom is 0.247 e. The van der Waals surface area contributed by atoms with Crippen molar-refractivity contribution >= 4 is 5.91 Å². The molecule has 0 saturated heterocycles. The molecule has 204 valence electrons.